The Labute approximate surface area is 156 Å². The van der Waals surface area contributed by atoms with Crippen LogP contribution in [0.4, 0.5) is 0 Å². The molecule has 3 rings (SSSR count). The smallest absolute Gasteiger partial charge is 0.228 e. The molecule has 0 spiro atoms. The Hall–Kier alpha value is -2.17. The molecule has 1 aliphatic rings. The van der Waals surface area contributed by atoms with Gasteiger partial charge in [-0.3, -0.25) is 4.79 Å². The van der Waals surface area contributed by atoms with E-state index in [0.29, 0.717) is 13.2 Å². The van der Waals surface area contributed by atoms with Crippen molar-refractivity contribution >= 4 is 5.91 Å². The van der Waals surface area contributed by atoms with Gasteiger partial charge in [0.05, 0.1) is 12.0 Å². The molecule has 4 heteroatoms. The Morgan fingerprint density at radius 2 is 1.85 bits per heavy atom. The lowest BCUT2D eigenvalue weighted by Gasteiger charge is -2.35. The molecule has 2 aromatic rings. The molecule has 26 heavy (non-hydrogen) atoms. The first-order valence-electron chi connectivity index (χ1n) is 9.27. The van der Waals surface area contributed by atoms with Crippen molar-refractivity contribution in [2.45, 2.75) is 26.3 Å². The fraction of sp³-hybridized carbons (Fsp3) is 0.409. The van der Waals surface area contributed by atoms with Gasteiger partial charge in [-0.25, -0.2) is 0 Å². The summed E-state index contributed by atoms with van der Waals surface area (Å²) < 4.78 is 5.34. The number of carbonyl (C=O) groups excluding carboxylic acids is 1. The van der Waals surface area contributed by atoms with Gasteiger partial charge in [-0.05, 0) is 49.5 Å². The zero-order valence-electron chi connectivity index (χ0n) is 15.7. The molecule has 0 aromatic heterocycles. The molecule has 0 aliphatic carbocycles. The van der Waals surface area contributed by atoms with Gasteiger partial charge in [0.2, 0.25) is 5.91 Å². The first-order chi connectivity index (χ1) is 12.6. The first-order valence-corrected chi connectivity index (χ1v) is 9.27. The molecule has 0 saturated carbocycles. The van der Waals surface area contributed by atoms with Crippen LogP contribution in [0.2, 0.25) is 0 Å². The zero-order chi connectivity index (χ0) is 18.4. The highest BCUT2D eigenvalue weighted by atomic mass is 16.5. The summed E-state index contributed by atoms with van der Waals surface area (Å²) in [6.45, 7) is 4.85. The van der Waals surface area contributed by atoms with E-state index in [0.717, 1.165) is 31.5 Å². The van der Waals surface area contributed by atoms with Crippen LogP contribution in [0.1, 0.15) is 24.0 Å². The van der Waals surface area contributed by atoms with Crippen LogP contribution in [-0.4, -0.2) is 32.7 Å². The Bertz CT molecular complexity index is 729. The van der Waals surface area contributed by atoms with Gasteiger partial charge in [0.15, 0.2) is 0 Å². The summed E-state index contributed by atoms with van der Waals surface area (Å²) in [7, 11) is 1.67. The molecule has 2 N–H and O–H groups in total. The third kappa shape index (κ3) is 4.32. The summed E-state index contributed by atoms with van der Waals surface area (Å²) in [5.41, 5.74) is 4.37. The number of amides is 1. The molecular formula is C22H28N2O2. The van der Waals surface area contributed by atoms with Gasteiger partial charge in [0, 0.05) is 13.7 Å². The third-order valence-corrected chi connectivity index (χ3v) is 5.22. The SMILES string of the molecule is COCC1(C(=O)NCc2ccc(-c3cccc(C)c3)cc2)CCNCC1. The fourth-order valence-electron chi connectivity index (χ4n) is 3.63. The number of rotatable bonds is 6. The Morgan fingerprint density at radius 3 is 2.50 bits per heavy atom. The molecule has 2 aromatic carbocycles. The van der Waals surface area contributed by atoms with E-state index in [4.69, 9.17) is 4.74 Å². The molecule has 1 amide bonds. The van der Waals surface area contributed by atoms with E-state index < -0.39 is 5.41 Å². The minimum absolute atomic E-state index is 0.101. The Morgan fingerprint density at radius 1 is 1.12 bits per heavy atom. The molecule has 0 radical (unpaired) electrons. The van der Waals surface area contributed by atoms with E-state index in [9.17, 15) is 4.79 Å². The summed E-state index contributed by atoms with van der Waals surface area (Å²) in [5, 5.41) is 6.43. The maximum atomic E-state index is 12.8. The maximum absolute atomic E-state index is 12.8. The number of piperidine rings is 1. The van der Waals surface area contributed by atoms with E-state index in [1.807, 2.05) is 0 Å². The molecule has 1 aliphatic heterocycles. The van der Waals surface area contributed by atoms with Crippen LogP contribution in [0.5, 0.6) is 0 Å². The number of hydrogen-bond donors (Lipinski definition) is 2. The molecule has 1 heterocycles. The van der Waals surface area contributed by atoms with Crippen LogP contribution in [0.25, 0.3) is 11.1 Å². The second-order valence-electron chi connectivity index (χ2n) is 7.21. The fourth-order valence-corrected chi connectivity index (χ4v) is 3.63. The van der Waals surface area contributed by atoms with E-state index in [-0.39, 0.29) is 5.91 Å². The summed E-state index contributed by atoms with van der Waals surface area (Å²) in [6.07, 6.45) is 1.64. The molecule has 0 unspecified atom stereocenters. The largest absolute Gasteiger partial charge is 0.384 e. The topological polar surface area (TPSA) is 50.4 Å². The number of hydrogen-bond acceptors (Lipinski definition) is 3. The highest BCUT2D eigenvalue weighted by Crippen LogP contribution is 2.29. The van der Waals surface area contributed by atoms with Crippen LogP contribution in [-0.2, 0) is 16.1 Å². The maximum Gasteiger partial charge on any atom is 0.228 e. The van der Waals surface area contributed by atoms with Crippen LogP contribution in [0.15, 0.2) is 48.5 Å². The minimum atomic E-state index is -0.401. The number of methoxy groups -OCH3 is 1. The standard InChI is InChI=1S/C22H28N2O2/c1-17-4-3-5-20(14-17)19-8-6-18(7-9-19)15-24-21(25)22(16-26-2)10-12-23-13-11-22/h3-9,14,23H,10-13,15-16H2,1-2H3,(H,24,25). The normalized spacial score (nSPS) is 16.2. The summed E-state index contributed by atoms with van der Waals surface area (Å²) in [6, 6.07) is 16.9. The van der Waals surface area contributed by atoms with Gasteiger partial charge >= 0.3 is 0 Å². The number of ether oxygens (including phenoxy) is 1. The van der Waals surface area contributed by atoms with Gasteiger partial charge in [-0.2, -0.15) is 0 Å². The van der Waals surface area contributed by atoms with E-state index in [1.165, 1.54) is 16.7 Å². The van der Waals surface area contributed by atoms with E-state index in [2.05, 4.69) is 66.1 Å². The molecule has 0 atom stereocenters. The third-order valence-electron chi connectivity index (χ3n) is 5.22. The number of carbonyl (C=O) groups is 1. The number of aryl methyl sites for hydroxylation is 1. The van der Waals surface area contributed by atoms with Gasteiger partial charge in [0.25, 0.3) is 0 Å². The predicted molar refractivity (Wildman–Crippen MR) is 105 cm³/mol. The van der Waals surface area contributed by atoms with Crippen molar-refractivity contribution in [1.82, 2.24) is 10.6 Å². The zero-order valence-corrected chi connectivity index (χ0v) is 15.7. The van der Waals surface area contributed by atoms with Crippen LogP contribution in [0.3, 0.4) is 0 Å². The number of nitrogens with one attached hydrogen (secondary N) is 2. The number of benzene rings is 2. The molecule has 4 nitrogen and oxygen atoms in total. The molecule has 0 bridgehead atoms. The van der Waals surface area contributed by atoms with Crippen LogP contribution >= 0.6 is 0 Å². The Kier molecular flexibility index (Phi) is 6.07. The second kappa shape index (κ2) is 8.47. The lowest BCUT2D eigenvalue weighted by molar-refractivity contribution is -0.136. The minimum Gasteiger partial charge on any atom is -0.384 e. The highest BCUT2D eigenvalue weighted by molar-refractivity contribution is 5.83. The lowest BCUT2D eigenvalue weighted by atomic mass is 9.78. The van der Waals surface area contributed by atoms with E-state index >= 15 is 0 Å². The lowest BCUT2D eigenvalue weighted by Crippen LogP contribution is -2.49. The summed E-state index contributed by atoms with van der Waals surface area (Å²) in [4.78, 5) is 12.8. The van der Waals surface area contributed by atoms with Gasteiger partial charge in [-0.1, -0.05) is 54.1 Å². The van der Waals surface area contributed by atoms with Gasteiger partial charge < -0.3 is 15.4 Å². The van der Waals surface area contributed by atoms with Crippen molar-refractivity contribution in [3.63, 3.8) is 0 Å². The average molecular weight is 352 g/mol. The van der Waals surface area contributed by atoms with Crippen molar-refractivity contribution < 1.29 is 9.53 Å². The van der Waals surface area contributed by atoms with Crippen molar-refractivity contribution in [1.29, 1.82) is 0 Å². The van der Waals surface area contributed by atoms with Crippen molar-refractivity contribution in [2.24, 2.45) is 5.41 Å². The predicted octanol–water partition coefficient (Wildman–Crippen LogP) is 3.29. The van der Waals surface area contributed by atoms with E-state index in [1.54, 1.807) is 7.11 Å². The monoisotopic (exact) mass is 352 g/mol. The quantitative estimate of drug-likeness (QED) is 0.839. The van der Waals surface area contributed by atoms with Crippen molar-refractivity contribution in [3.8, 4) is 11.1 Å². The molecule has 138 valence electrons. The molecule has 1 saturated heterocycles. The van der Waals surface area contributed by atoms with Crippen molar-refractivity contribution in [3.05, 3.63) is 59.7 Å². The first kappa shape index (κ1) is 18.6. The highest BCUT2D eigenvalue weighted by Gasteiger charge is 2.39. The van der Waals surface area contributed by atoms with Gasteiger partial charge in [0.1, 0.15) is 0 Å². The molecular weight excluding hydrogens is 324 g/mol. The van der Waals surface area contributed by atoms with Gasteiger partial charge in [-0.15, -0.1) is 0 Å². The van der Waals surface area contributed by atoms with Crippen molar-refractivity contribution in [2.75, 3.05) is 26.8 Å². The molecule has 1 fully saturated rings. The Balaban J connectivity index is 1.63. The average Bonchev–Trinajstić information content (AvgIpc) is 2.67. The second-order valence-corrected chi connectivity index (χ2v) is 7.21. The summed E-state index contributed by atoms with van der Waals surface area (Å²) >= 11 is 0. The summed E-state index contributed by atoms with van der Waals surface area (Å²) in [5.74, 6) is 0.101. The van der Waals surface area contributed by atoms with Crippen LogP contribution in [0, 0.1) is 12.3 Å². The van der Waals surface area contributed by atoms with Crippen LogP contribution < -0.4 is 10.6 Å².